The van der Waals surface area contributed by atoms with Gasteiger partial charge in [0.25, 0.3) is 0 Å². The molecular weight excluding hydrogens is 486 g/mol. The molecule has 32 heavy (non-hydrogen) atoms. The first-order chi connectivity index (χ1) is 15.4. The van der Waals surface area contributed by atoms with Crippen LogP contribution in [0.5, 0.6) is 0 Å². The third kappa shape index (κ3) is 4.96. The maximum Gasteiger partial charge on any atom is 0.223 e. The number of primary amides is 1. The number of benzene rings is 1. The Morgan fingerprint density at radius 3 is 2.34 bits per heavy atom. The van der Waals surface area contributed by atoms with Crippen molar-refractivity contribution >= 4 is 40.1 Å². The highest BCUT2D eigenvalue weighted by Gasteiger charge is 2.57. The number of hydrogen-bond donors (Lipinski definition) is 3. The molecule has 0 radical (unpaired) electrons. The summed E-state index contributed by atoms with van der Waals surface area (Å²) in [5.74, 6) is 2.15. The van der Waals surface area contributed by atoms with E-state index in [0.29, 0.717) is 17.9 Å². The Morgan fingerprint density at radius 2 is 1.78 bits per heavy atom. The number of nitrogens with one attached hydrogen (secondary N) is 2. The van der Waals surface area contributed by atoms with E-state index in [1.807, 2.05) is 24.3 Å². The second-order valence-electron chi connectivity index (χ2n) is 10.4. The number of amides is 1. The summed E-state index contributed by atoms with van der Waals surface area (Å²) in [6.45, 7) is 0. The van der Waals surface area contributed by atoms with Crippen molar-refractivity contribution in [3.8, 4) is 0 Å². The number of hydrogen-bond acceptors (Lipinski definition) is 5. The van der Waals surface area contributed by atoms with Gasteiger partial charge >= 0.3 is 0 Å². The third-order valence-electron chi connectivity index (χ3n) is 8.30. The second kappa shape index (κ2) is 10.2. The van der Waals surface area contributed by atoms with E-state index in [1.165, 1.54) is 19.3 Å². The van der Waals surface area contributed by atoms with Crippen LogP contribution in [0.3, 0.4) is 0 Å². The first-order valence-electron chi connectivity index (χ1n) is 12.0. The smallest absolute Gasteiger partial charge is 0.223 e. The molecule has 5 saturated carbocycles. The molecule has 4 N–H and O–H groups in total. The molecule has 5 fully saturated rings. The molecule has 2 unspecified atom stereocenters. The van der Waals surface area contributed by atoms with Gasteiger partial charge in [-0.15, -0.1) is 0 Å². The van der Waals surface area contributed by atoms with Gasteiger partial charge in [-0.3, -0.25) is 4.79 Å². The van der Waals surface area contributed by atoms with Gasteiger partial charge in [-0.2, -0.15) is 0 Å². The van der Waals surface area contributed by atoms with Crippen molar-refractivity contribution in [2.75, 3.05) is 7.05 Å². The average Bonchev–Trinajstić information content (AvgIpc) is 2.79. The van der Waals surface area contributed by atoms with Crippen LogP contribution >= 0.6 is 27.9 Å². The molecule has 4 bridgehead atoms. The first kappa shape index (κ1) is 24.2. The predicted molar refractivity (Wildman–Crippen MR) is 133 cm³/mol. The highest BCUT2D eigenvalue weighted by molar-refractivity contribution is 9.10. The van der Waals surface area contributed by atoms with Gasteiger partial charge in [0.1, 0.15) is 6.29 Å². The molecule has 2 atom stereocenters. The standard InChI is InChI=1S/C13H16BrNOS.C12H20N2O/c14-11-6-2-3-7-12(11)17-15-13(10-16)8-4-1-5-9-13;1-14-10-8-2-7-3-9(10)6-12(4-7,5-8)11(13)15/h2-3,6-7,10,15H,1,4-5,8-9H2;7-10,14H,2-6H2,1H3,(H2,13,15). The molecule has 7 heteroatoms. The monoisotopic (exact) mass is 521 g/mol. The Kier molecular flexibility index (Phi) is 7.70. The molecule has 6 rings (SSSR count). The van der Waals surface area contributed by atoms with Gasteiger partial charge in [0.15, 0.2) is 0 Å². The lowest BCUT2D eigenvalue weighted by molar-refractivity contribution is -0.145. The lowest BCUT2D eigenvalue weighted by Gasteiger charge is -2.58. The Hall–Kier alpha value is -0.890. The van der Waals surface area contributed by atoms with Crippen LogP contribution in [0, 0.1) is 23.2 Å². The lowest BCUT2D eigenvalue weighted by Crippen LogP contribution is -2.60. The van der Waals surface area contributed by atoms with Crippen molar-refractivity contribution in [1.29, 1.82) is 0 Å². The molecule has 0 spiro atoms. The SMILES string of the molecule is CNC1C2CC3CC1CC(C(N)=O)(C3)C2.O=CC1(NSc2ccccc2Br)CCCCC1. The molecule has 176 valence electrons. The zero-order chi connectivity index (χ0) is 22.8. The van der Waals surface area contributed by atoms with Crippen LogP contribution in [-0.2, 0) is 9.59 Å². The van der Waals surface area contributed by atoms with Gasteiger partial charge in [0.2, 0.25) is 5.91 Å². The molecule has 0 saturated heterocycles. The van der Waals surface area contributed by atoms with Crippen molar-refractivity contribution < 1.29 is 9.59 Å². The summed E-state index contributed by atoms with van der Waals surface area (Å²) in [4.78, 5) is 24.1. The molecule has 1 amide bonds. The second-order valence-corrected chi connectivity index (χ2v) is 12.1. The number of carbonyl (C=O) groups excluding carboxylic acids is 2. The summed E-state index contributed by atoms with van der Waals surface area (Å²) in [5, 5.41) is 3.45. The van der Waals surface area contributed by atoms with Crippen LogP contribution in [0.15, 0.2) is 33.6 Å². The van der Waals surface area contributed by atoms with E-state index in [4.69, 9.17) is 5.73 Å². The van der Waals surface area contributed by atoms with E-state index in [-0.39, 0.29) is 16.9 Å². The van der Waals surface area contributed by atoms with Crippen LogP contribution in [0.4, 0.5) is 0 Å². The number of aldehydes is 1. The summed E-state index contributed by atoms with van der Waals surface area (Å²) >= 11 is 5.06. The van der Waals surface area contributed by atoms with Crippen LogP contribution in [-0.4, -0.2) is 30.8 Å². The first-order valence-corrected chi connectivity index (χ1v) is 13.6. The van der Waals surface area contributed by atoms with Gasteiger partial charge < -0.3 is 15.8 Å². The minimum absolute atomic E-state index is 0.0311. The van der Waals surface area contributed by atoms with Gasteiger partial charge in [0, 0.05) is 20.8 Å². The number of rotatable bonds is 6. The Bertz CT molecular complexity index is 813. The number of halogens is 1. The molecule has 1 aromatic rings. The molecule has 5 aliphatic rings. The fraction of sp³-hybridized carbons (Fsp3) is 0.680. The van der Waals surface area contributed by atoms with Crippen LogP contribution in [0.1, 0.15) is 64.2 Å². The van der Waals surface area contributed by atoms with E-state index >= 15 is 0 Å². The third-order valence-corrected chi connectivity index (χ3v) is 10.3. The summed E-state index contributed by atoms with van der Waals surface area (Å²) in [6, 6.07) is 8.70. The van der Waals surface area contributed by atoms with Gasteiger partial charge in [0.05, 0.1) is 5.54 Å². The van der Waals surface area contributed by atoms with Crippen molar-refractivity contribution in [1.82, 2.24) is 10.0 Å². The summed E-state index contributed by atoms with van der Waals surface area (Å²) < 4.78 is 4.42. The van der Waals surface area contributed by atoms with Crippen molar-refractivity contribution in [3.63, 3.8) is 0 Å². The number of nitrogens with two attached hydrogens (primary N) is 1. The molecule has 5 aliphatic carbocycles. The van der Waals surface area contributed by atoms with Gasteiger partial charge in [-0.1, -0.05) is 31.4 Å². The molecule has 0 aromatic heterocycles. The lowest BCUT2D eigenvalue weighted by atomic mass is 9.47. The Morgan fingerprint density at radius 1 is 1.12 bits per heavy atom. The quantitative estimate of drug-likeness (QED) is 0.368. The predicted octanol–water partition coefficient (Wildman–Crippen LogP) is 4.83. The largest absolute Gasteiger partial charge is 0.369 e. The van der Waals surface area contributed by atoms with Gasteiger partial charge in [-0.25, -0.2) is 4.72 Å². The van der Waals surface area contributed by atoms with E-state index in [0.717, 1.165) is 66.5 Å². The van der Waals surface area contributed by atoms with Crippen LogP contribution in [0.2, 0.25) is 0 Å². The Balaban J connectivity index is 0.000000154. The summed E-state index contributed by atoms with van der Waals surface area (Å²) in [6.07, 6.45) is 12.3. The maximum absolute atomic E-state index is 11.6. The minimum Gasteiger partial charge on any atom is -0.369 e. The van der Waals surface area contributed by atoms with E-state index < -0.39 is 0 Å². The average molecular weight is 523 g/mol. The minimum atomic E-state index is -0.321. The normalized spacial score (nSPS) is 34.4. The fourth-order valence-corrected chi connectivity index (χ4v) is 8.31. The molecule has 1 aromatic carbocycles. The molecule has 0 heterocycles. The van der Waals surface area contributed by atoms with Gasteiger partial charge in [-0.05, 0) is 110 Å². The fourth-order valence-electron chi connectivity index (χ4n) is 6.91. The molecular formula is C25H36BrN3O2S. The summed E-state index contributed by atoms with van der Waals surface area (Å²) in [5.41, 5.74) is 5.18. The van der Waals surface area contributed by atoms with E-state index in [9.17, 15) is 9.59 Å². The van der Waals surface area contributed by atoms with Crippen LogP contribution < -0.4 is 15.8 Å². The van der Waals surface area contributed by atoms with Crippen molar-refractivity contribution in [3.05, 3.63) is 28.7 Å². The highest BCUT2D eigenvalue weighted by Crippen LogP contribution is 2.59. The number of carbonyl (C=O) groups is 2. The zero-order valence-electron chi connectivity index (χ0n) is 18.9. The van der Waals surface area contributed by atoms with Crippen molar-refractivity contribution in [2.45, 2.75) is 80.7 Å². The topological polar surface area (TPSA) is 84.2 Å². The molecule has 0 aliphatic heterocycles. The zero-order valence-corrected chi connectivity index (χ0v) is 21.3. The van der Waals surface area contributed by atoms with E-state index in [1.54, 1.807) is 11.9 Å². The van der Waals surface area contributed by atoms with Crippen molar-refractivity contribution in [2.24, 2.45) is 28.9 Å². The summed E-state index contributed by atoms with van der Waals surface area (Å²) in [7, 11) is 2.06. The van der Waals surface area contributed by atoms with E-state index in [2.05, 4.69) is 33.0 Å². The Labute approximate surface area is 204 Å². The molecule has 5 nitrogen and oxygen atoms in total. The van der Waals surface area contributed by atoms with Crippen LogP contribution in [0.25, 0.3) is 0 Å². The maximum atomic E-state index is 11.6. The highest BCUT2D eigenvalue weighted by atomic mass is 79.9.